The Morgan fingerprint density at radius 3 is 2.62 bits per heavy atom. The van der Waals surface area contributed by atoms with E-state index in [1.54, 1.807) is 17.4 Å². The van der Waals surface area contributed by atoms with Gasteiger partial charge in [0.1, 0.15) is 18.6 Å². The first-order valence-electron chi connectivity index (χ1n) is 6.65. The van der Waals surface area contributed by atoms with Crippen molar-refractivity contribution >= 4 is 17.6 Å². The van der Waals surface area contributed by atoms with Crippen molar-refractivity contribution in [1.29, 1.82) is 0 Å². The van der Waals surface area contributed by atoms with Gasteiger partial charge < -0.3 is 4.74 Å². The number of ether oxygens (including phenoxy) is 1. The zero-order valence-electron chi connectivity index (χ0n) is 11.4. The molecule has 21 heavy (non-hydrogen) atoms. The Labute approximate surface area is 127 Å². The number of thiophene rings is 1. The summed E-state index contributed by atoms with van der Waals surface area (Å²) in [5.41, 5.74) is 3.81. The van der Waals surface area contributed by atoms with Crippen molar-refractivity contribution in [1.82, 2.24) is 0 Å². The first-order chi connectivity index (χ1) is 10.4. The Hall–Kier alpha value is -2.39. The van der Waals surface area contributed by atoms with Crippen LogP contribution in [0.15, 0.2) is 65.4 Å². The van der Waals surface area contributed by atoms with Gasteiger partial charge in [-0.2, -0.15) is 11.3 Å². The number of benzene rings is 2. The summed E-state index contributed by atoms with van der Waals surface area (Å²) in [5.74, 6) is 0.794. The fourth-order valence-electron chi connectivity index (χ4n) is 2.13. The van der Waals surface area contributed by atoms with Crippen LogP contribution in [-0.2, 0) is 6.61 Å². The van der Waals surface area contributed by atoms with Crippen molar-refractivity contribution in [2.45, 2.75) is 6.61 Å². The second-order valence-corrected chi connectivity index (χ2v) is 5.44. The predicted octanol–water partition coefficient (Wildman–Crippen LogP) is 4.81. The third kappa shape index (κ3) is 3.20. The van der Waals surface area contributed by atoms with Crippen LogP contribution in [0, 0.1) is 0 Å². The Morgan fingerprint density at radius 2 is 1.90 bits per heavy atom. The number of rotatable bonds is 5. The molecule has 3 aromatic rings. The second-order valence-electron chi connectivity index (χ2n) is 4.66. The summed E-state index contributed by atoms with van der Waals surface area (Å²) < 4.78 is 5.94. The van der Waals surface area contributed by atoms with Gasteiger partial charge in [-0.25, -0.2) is 0 Å². The van der Waals surface area contributed by atoms with E-state index in [0.717, 1.165) is 28.7 Å². The van der Waals surface area contributed by atoms with Crippen molar-refractivity contribution in [3.05, 3.63) is 76.5 Å². The molecule has 0 amide bonds. The third-order valence-electron chi connectivity index (χ3n) is 3.21. The van der Waals surface area contributed by atoms with Crippen LogP contribution < -0.4 is 4.74 Å². The van der Waals surface area contributed by atoms with Crippen molar-refractivity contribution in [3.8, 4) is 16.9 Å². The van der Waals surface area contributed by atoms with Crippen molar-refractivity contribution < 1.29 is 9.53 Å². The van der Waals surface area contributed by atoms with E-state index in [-0.39, 0.29) is 0 Å². The average molecular weight is 294 g/mol. The number of hydrogen-bond donors (Lipinski definition) is 0. The van der Waals surface area contributed by atoms with E-state index in [0.29, 0.717) is 12.2 Å². The van der Waals surface area contributed by atoms with Crippen molar-refractivity contribution in [2.75, 3.05) is 0 Å². The maximum Gasteiger partial charge on any atom is 0.150 e. The Kier molecular flexibility index (Phi) is 4.12. The van der Waals surface area contributed by atoms with E-state index in [1.807, 2.05) is 53.9 Å². The molecule has 104 valence electrons. The molecule has 2 aromatic carbocycles. The van der Waals surface area contributed by atoms with E-state index in [4.69, 9.17) is 4.74 Å². The number of aldehydes is 1. The number of carbonyl (C=O) groups excluding carboxylic acids is 1. The molecule has 1 aromatic heterocycles. The van der Waals surface area contributed by atoms with E-state index in [9.17, 15) is 4.79 Å². The maximum absolute atomic E-state index is 11.0. The average Bonchev–Trinajstić information content (AvgIpc) is 3.08. The van der Waals surface area contributed by atoms with Gasteiger partial charge in [0.2, 0.25) is 0 Å². The van der Waals surface area contributed by atoms with E-state index >= 15 is 0 Å². The topological polar surface area (TPSA) is 26.3 Å². The number of carbonyl (C=O) groups is 1. The molecule has 0 saturated heterocycles. The van der Waals surface area contributed by atoms with Crippen LogP contribution in [0.4, 0.5) is 0 Å². The molecule has 0 fully saturated rings. The van der Waals surface area contributed by atoms with E-state index < -0.39 is 0 Å². The van der Waals surface area contributed by atoms with Crippen LogP contribution in [0.25, 0.3) is 11.1 Å². The van der Waals surface area contributed by atoms with E-state index in [2.05, 4.69) is 5.38 Å². The molecule has 0 radical (unpaired) electrons. The fourth-order valence-corrected chi connectivity index (χ4v) is 2.78. The molecule has 0 saturated carbocycles. The third-order valence-corrected chi connectivity index (χ3v) is 3.89. The van der Waals surface area contributed by atoms with Crippen LogP contribution in [0.2, 0.25) is 0 Å². The molecule has 0 aliphatic heterocycles. The first-order valence-corrected chi connectivity index (χ1v) is 7.59. The predicted molar refractivity (Wildman–Crippen MR) is 85.9 cm³/mol. The van der Waals surface area contributed by atoms with Gasteiger partial charge in [0.05, 0.1) is 0 Å². The Balaban J connectivity index is 1.89. The van der Waals surface area contributed by atoms with Crippen LogP contribution in [0.3, 0.4) is 0 Å². The smallest absolute Gasteiger partial charge is 0.150 e. The molecular weight excluding hydrogens is 280 g/mol. The molecule has 0 spiro atoms. The first kappa shape index (κ1) is 13.6. The standard InChI is InChI=1S/C18H14O2S/c19-11-15-6-7-18(17(10-15)16-8-9-21-13-16)20-12-14-4-2-1-3-5-14/h1-11,13H,12H2. The summed E-state index contributed by atoms with van der Waals surface area (Å²) in [6.45, 7) is 0.512. The molecule has 2 nitrogen and oxygen atoms in total. The largest absolute Gasteiger partial charge is 0.488 e. The molecule has 0 aliphatic rings. The molecule has 1 heterocycles. The molecule has 0 unspecified atom stereocenters. The zero-order chi connectivity index (χ0) is 14.5. The van der Waals surface area contributed by atoms with Gasteiger partial charge in [0, 0.05) is 11.1 Å². The lowest BCUT2D eigenvalue weighted by Crippen LogP contribution is -1.97. The normalized spacial score (nSPS) is 10.3. The fraction of sp³-hybridized carbons (Fsp3) is 0.0556. The van der Waals surface area contributed by atoms with Crippen LogP contribution in [-0.4, -0.2) is 6.29 Å². The van der Waals surface area contributed by atoms with Gasteiger partial charge in [-0.1, -0.05) is 30.3 Å². The van der Waals surface area contributed by atoms with Crippen LogP contribution in [0.5, 0.6) is 5.75 Å². The van der Waals surface area contributed by atoms with Gasteiger partial charge in [-0.3, -0.25) is 4.79 Å². The quantitative estimate of drug-likeness (QED) is 0.631. The minimum absolute atomic E-state index is 0.512. The molecule has 3 heteroatoms. The highest BCUT2D eigenvalue weighted by molar-refractivity contribution is 7.08. The van der Waals surface area contributed by atoms with Gasteiger partial charge in [-0.15, -0.1) is 0 Å². The highest BCUT2D eigenvalue weighted by atomic mass is 32.1. The van der Waals surface area contributed by atoms with Gasteiger partial charge >= 0.3 is 0 Å². The molecular formula is C18H14O2S. The highest BCUT2D eigenvalue weighted by Crippen LogP contribution is 2.32. The van der Waals surface area contributed by atoms with Crippen LogP contribution in [0.1, 0.15) is 15.9 Å². The number of hydrogen-bond acceptors (Lipinski definition) is 3. The SMILES string of the molecule is O=Cc1ccc(OCc2ccccc2)c(-c2ccsc2)c1. The lowest BCUT2D eigenvalue weighted by atomic mass is 10.1. The summed E-state index contributed by atoms with van der Waals surface area (Å²) in [6, 6.07) is 17.6. The monoisotopic (exact) mass is 294 g/mol. The molecule has 3 rings (SSSR count). The summed E-state index contributed by atoms with van der Waals surface area (Å²) in [4.78, 5) is 11.0. The van der Waals surface area contributed by atoms with E-state index in [1.165, 1.54) is 0 Å². The van der Waals surface area contributed by atoms with Gasteiger partial charge in [0.25, 0.3) is 0 Å². The summed E-state index contributed by atoms with van der Waals surface area (Å²) in [5, 5.41) is 4.07. The maximum atomic E-state index is 11.0. The van der Waals surface area contributed by atoms with Gasteiger partial charge in [0.15, 0.2) is 0 Å². The Bertz CT molecular complexity index is 718. The summed E-state index contributed by atoms with van der Waals surface area (Å²) in [7, 11) is 0. The van der Waals surface area contributed by atoms with Crippen molar-refractivity contribution in [3.63, 3.8) is 0 Å². The lowest BCUT2D eigenvalue weighted by Gasteiger charge is -2.11. The molecule has 0 atom stereocenters. The molecule has 0 bridgehead atoms. The van der Waals surface area contributed by atoms with Crippen LogP contribution >= 0.6 is 11.3 Å². The summed E-state index contributed by atoms with van der Waals surface area (Å²) in [6.07, 6.45) is 0.858. The minimum atomic E-state index is 0.512. The summed E-state index contributed by atoms with van der Waals surface area (Å²) >= 11 is 1.63. The van der Waals surface area contributed by atoms with Gasteiger partial charge in [-0.05, 0) is 46.2 Å². The molecule has 0 aliphatic carbocycles. The highest BCUT2D eigenvalue weighted by Gasteiger charge is 2.08. The lowest BCUT2D eigenvalue weighted by molar-refractivity contribution is 0.112. The zero-order valence-corrected chi connectivity index (χ0v) is 12.2. The second kappa shape index (κ2) is 6.37. The Morgan fingerprint density at radius 1 is 1.05 bits per heavy atom. The molecule has 0 N–H and O–H groups in total. The van der Waals surface area contributed by atoms with Crippen molar-refractivity contribution in [2.24, 2.45) is 0 Å². The minimum Gasteiger partial charge on any atom is -0.488 e.